The smallest absolute Gasteiger partial charge is 0.170 e. The first-order valence-corrected chi connectivity index (χ1v) is 10.4. The molecular formula is C24H22F2N4O2. The third-order valence-electron chi connectivity index (χ3n) is 6.15. The molecule has 2 aromatic heterocycles. The van der Waals surface area contributed by atoms with Crippen LogP contribution >= 0.6 is 0 Å². The van der Waals surface area contributed by atoms with Crippen molar-refractivity contribution >= 4 is 5.78 Å². The molecule has 3 aromatic rings. The van der Waals surface area contributed by atoms with Gasteiger partial charge < -0.3 is 5.11 Å². The fraction of sp³-hybridized carbons (Fsp3) is 0.333. The van der Waals surface area contributed by atoms with Gasteiger partial charge in [0.1, 0.15) is 11.5 Å². The first-order valence-electron chi connectivity index (χ1n) is 10.4. The van der Waals surface area contributed by atoms with Gasteiger partial charge in [-0.15, -0.1) is 0 Å². The minimum Gasteiger partial charge on any atom is -0.393 e. The van der Waals surface area contributed by atoms with Crippen LogP contribution in [0.3, 0.4) is 0 Å². The second kappa shape index (κ2) is 8.60. The molecule has 1 aromatic carbocycles. The molecule has 0 spiro atoms. The van der Waals surface area contributed by atoms with Gasteiger partial charge in [-0.05, 0) is 56.4 Å². The van der Waals surface area contributed by atoms with Crippen molar-refractivity contribution in [2.24, 2.45) is 0 Å². The Morgan fingerprint density at radius 2 is 2.00 bits per heavy atom. The average Bonchev–Trinajstić information content (AvgIpc) is 3.16. The lowest BCUT2D eigenvalue weighted by Gasteiger charge is -2.32. The molecule has 0 saturated heterocycles. The van der Waals surface area contributed by atoms with E-state index in [2.05, 4.69) is 16.2 Å². The topological polar surface area (TPSA) is 91.8 Å². The molecule has 6 nitrogen and oxygen atoms in total. The van der Waals surface area contributed by atoms with Crippen LogP contribution < -0.4 is 0 Å². The van der Waals surface area contributed by atoms with E-state index in [1.165, 1.54) is 16.9 Å². The Morgan fingerprint density at radius 1 is 1.25 bits per heavy atom. The van der Waals surface area contributed by atoms with Gasteiger partial charge in [-0.3, -0.25) is 9.78 Å². The number of halogens is 2. The summed E-state index contributed by atoms with van der Waals surface area (Å²) in [6, 6.07) is 9.10. The summed E-state index contributed by atoms with van der Waals surface area (Å²) in [6.45, 7) is 1.65. The van der Waals surface area contributed by atoms with Crippen LogP contribution in [0.15, 0.2) is 42.7 Å². The van der Waals surface area contributed by atoms with E-state index in [0.717, 1.165) is 12.1 Å². The summed E-state index contributed by atoms with van der Waals surface area (Å²) < 4.78 is 28.6. The van der Waals surface area contributed by atoms with Crippen molar-refractivity contribution in [1.82, 2.24) is 14.8 Å². The number of carbonyl (C=O) groups is 1. The predicted octanol–water partition coefficient (Wildman–Crippen LogP) is 3.98. The van der Waals surface area contributed by atoms with Gasteiger partial charge in [-0.25, -0.2) is 13.5 Å². The van der Waals surface area contributed by atoms with Gasteiger partial charge in [-0.2, -0.15) is 10.4 Å². The maximum atomic E-state index is 14.1. The number of nitrogens with zero attached hydrogens (tertiary/aromatic N) is 4. The number of benzene rings is 1. The lowest BCUT2D eigenvalue weighted by atomic mass is 9.72. The number of carbonyl (C=O) groups excluding carboxylic acids is 1. The third-order valence-corrected chi connectivity index (χ3v) is 6.15. The summed E-state index contributed by atoms with van der Waals surface area (Å²) in [5.74, 6) is -1.66. The van der Waals surface area contributed by atoms with Crippen molar-refractivity contribution in [2.75, 3.05) is 0 Å². The van der Waals surface area contributed by atoms with Gasteiger partial charge in [0, 0.05) is 18.7 Å². The van der Waals surface area contributed by atoms with Gasteiger partial charge >= 0.3 is 0 Å². The molecule has 0 atom stereocenters. The van der Waals surface area contributed by atoms with Crippen LogP contribution in [0.2, 0.25) is 0 Å². The van der Waals surface area contributed by atoms with Crippen LogP contribution in [0.5, 0.6) is 0 Å². The highest BCUT2D eigenvalue weighted by Gasteiger charge is 2.37. The Kier molecular flexibility index (Phi) is 5.85. The lowest BCUT2D eigenvalue weighted by Crippen LogP contribution is -2.33. The first kappa shape index (κ1) is 21.8. The van der Waals surface area contributed by atoms with Crippen molar-refractivity contribution in [1.29, 1.82) is 5.26 Å². The zero-order chi connectivity index (χ0) is 22.9. The maximum absolute atomic E-state index is 14.1. The van der Waals surface area contributed by atoms with Crippen molar-refractivity contribution in [3.8, 4) is 11.8 Å². The Morgan fingerprint density at radius 3 is 2.62 bits per heavy atom. The number of nitriles is 1. The van der Waals surface area contributed by atoms with Crippen LogP contribution in [-0.4, -0.2) is 31.8 Å². The van der Waals surface area contributed by atoms with E-state index in [1.807, 2.05) is 0 Å². The summed E-state index contributed by atoms with van der Waals surface area (Å²) in [6.07, 6.45) is 4.89. The zero-order valence-corrected chi connectivity index (χ0v) is 17.6. The van der Waals surface area contributed by atoms with Crippen molar-refractivity contribution < 1.29 is 18.7 Å². The molecule has 1 aliphatic rings. The van der Waals surface area contributed by atoms with E-state index >= 15 is 0 Å². The minimum atomic E-state index is -0.767. The Labute approximate surface area is 184 Å². The average molecular weight is 436 g/mol. The van der Waals surface area contributed by atoms with Gasteiger partial charge in [0.2, 0.25) is 0 Å². The molecular weight excluding hydrogens is 414 g/mol. The molecule has 32 heavy (non-hydrogen) atoms. The van der Waals surface area contributed by atoms with E-state index in [4.69, 9.17) is 0 Å². The first-order chi connectivity index (χ1) is 15.3. The predicted molar refractivity (Wildman–Crippen MR) is 112 cm³/mol. The number of aliphatic hydroxyl groups excluding tert-OH is 1. The van der Waals surface area contributed by atoms with E-state index in [-0.39, 0.29) is 24.0 Å². The lowest BCUT2D eigenvalue weighted by molar-refractivity contribution is 0.0991. The van der Waals surface area contributed by atoms with Gasteiger partial charge in [0.25, 0.3) is 0 Å². The highest BCUT2D eigenvalue weighted by molar-refractivity contribution is 5.98. The third kappa shape index (κ3) is 4.04. The fourth-order valence-electron chi connectivity index (χ4n) is 4.19. The second-order valence-corrected chi connectivity index (χ2v) is 8.23. The number of ketones is 1. The van der Waals surface area contributed by atoms with E-state index in [1.54, 1.807) is 25.3 Å². The molecule has 0 bridgehead atoms. The van der Waals surface area contributed by atoms with E-state index in [9.17, 15) is 23.9 Å². The summed E-state index contributed by atoms with van der Waals surface area (Å²) >= 11 is 0. The summed E-state index contributed by atoms with van der Waals surface area (Å²) in [5.41, 5.74) is 1.48. The monoisotopic (exact) mass is 436 g/mol. The van der Waals surface area contributed by atoms with Crippen molar-refractivity contribution in [2.45, 2.75) is 50.5 Å². The van der Waals surface area contributed by atoms with Gasteiger partial charge in [0.05, 0.1) is 40.7 Å². The number of hydrogen-bond donors (Lipinski definition) is 1. The van der Waals surface area contributed by atoms with Crippen molar-refractivity contribution in [3.63, 3.8) is 0 Å². The van der Waals surface area contributed by atoms with Crippen LogP contribution in [-0.2, 0) is 11.8 Å². The molecule has 1 fully saturated rings. The fourth-order valence-corrected chi connectivity index (χ4v) is 4.19. The highest BCUT2D eigenvalue weighted by atomic mass is 19.1. The molecule has 0 amide bonds. The molecule has 1 N–H and O–H groups in total. The number of pyridine rings is 1. The maximum Gasteiger partial charge on any atom is 0.170 e. The molecule has 164 valence electrons. The van der Waals surface area contributed by atoms with E-state index in [0.29, 0.717) is 48.2 Å². The SMILES string of the molecule is Cc1c(C(=O)Cc2ccc(C3(C#N)CCC(O)CC3)nc2)cnn1-c1ccc(F)cc1F. The quantitative estimate of drug-likeness (QED) is 0.611. The molecule has 0 unspecified atom stereocenters. The van der Waals surface area contributed by atoms with Gasteiger partial charge in [-0.1, -0.05) is 6.07 Å². The summed E-state index contributed by atoms with van der Waals surface area (Å²) in [4.78, 5) is 17.3. The van der Waals surface area contributed by atoms with E-state index < -0.39 is 17.0 Å². The largest absolute Gasteiger partial charge is 0.393 e. The Bertz CT molecular complexity index is 1190. The number of aliphatic hydroxyl groups is 1. The normalized spacial score (nSPS) is 20.7. The molecule has 8 heteroatoms. The molecule has 0 radical (unpaired) electrons. The summed E-state index contributed by atoms with van der Waals surface area (Å²) in [7, 11) is 0. The Balaban J connectivity index is 1.51. The van der Waals surface area contributed by atoms with Gasteiger partial charge in [0.15, 0.2) is 11.6 Å². The van der Waals surface area contributed by atoms with Crippen LogP contribution in [0, 0.1) is 29.9 Å². The Hall–Kier alpha value is -3.44. The number of Topliss-reactive ketones (excluding diaryl/α,β-unsaturated/α-hetero) is 1. The number of aromatic nitrogens is 3. The minimum absolute atomic E-state index is 0.0633. The molecule has 1 saturated carbocycles. The molecule has 2 heterocycles. The van der Waals surface area contributed by atoms with Crippen LogP contribution in [0.25, 0.3) is 5.69 Å². The highest BCUT2D eigenvalue weighted by Crippen LogP contribution is 2.38. The van der Waals surface area contributed by atoms with Crippen LogP contribution in [0.4, 0.5) is 8.78 Å². The number of rotatable bonds is 5. The van der Waals surface area contributed by atoms with Crippen molar-refractivity contribution in [3.05, 3.63) is 76.9 Å². The zero-order valence-electron chi connectivity index (χ0n) is 17.6. The van der Waals surface area contributed by atoms with Crippen LogP contribution in [0.1, 0.15) is 53.0 Å². The standard InChI is InChI=1S/C24H22F2N4O2/c1-15-19(13-29-30(15)21-4-3-17(25)11-20(21)26)22(32)10-16-2-5-23(28-12-16)24(14-27)8-6-18(31)7-9-24/h2-5,11-13,18,31H,6-10H2,1H3. The molecule has 4 rings (SSSR count). The molecule has 1 aliphatic carbocycles. The summed E-state index contributed by atoms with van der Waals surface area (Å²) in [5, 5.41) is 23.6. The number of hydrogen-bond acceptors (Lipinski definition) is 5. The second-order valence-electron chi connectivity index (χ2n) is 8.23. The molecule has 0 aliphatic heterocycles.